The van der Waals surface area contributed by atoms with Crippen molar-refractivity contribution in [1.82, 2.24) is 10.4 Å². The van der Waals surface area contributed by atoms with Gasteiger partial charge in [0.15, 0.2) is 0 Å². The summed E-state index contributed by atoms with van der Waals surface area (Å²) in [6.45, 7) is 1.89. The number of nitrogens with zero attached hydrogens (tertiary/aromatic N) is 1. The van der Waals surface area contributed by atoms with Gasteiger partial charge in [-0.3, -0.25) is 11.3 Å². The van der Waals surface area contributed by atoms with Gasteiger partial charge >= 0.3 is 6.18 Å². The number of aryl methyl sites for hydroxylation is 1. The van der Waals surface area contributed by atoms with E-state index in [1.54, 1.807) is 0 Å². The Morgan fingerprint density at radius 2 is 2.24 bits per heavy atom. The summed E-state index contributed by atoms with van der Waals surface area (Å²) in [5, 5.41) is 2.86. The second-order valence-electron chi connectivity index (χ2n) is 3.93. The fourth-order valence-corrected chi connectivity index (χ4v) is 2.17. The molecule has 3 nitrogen and oxygen atoms in total. The molecular weight excluding hydrogens is 251 g/mol. The first-order valence-electron chi connectivity index (χ1n) is 5.34. The molecule has 1 aromatic rings. The van der Waals surface area contributed by atoms with E-state index >= 15 is 0 Å². The predicted octanol–water partition coefficient (Wildman–Crippen LogP) is 2.56. The number of hydrogen-bond donors (Lipinski definition) is 2. The largest absolute Gasteiger partial charge is 0.389 e. The van der Waals surface area contributed by atoms with Gasteiger partial charge in [-0.15, -0.1) is 11.3 Å². The van der Waals surface area contributed by atoms with Crippen LogP contribution in [0.2, 0.25) is 0 Å². The number of nitrogens with two attached hydrogens (primary N) is 1. The highest BCUT2D eigenvalue weighted by atomic mass is 32.1. The standard InChI is InChI=1S/C10H16F3N3S/c1-7-15-9(6-17-7)5-8(16-14)3-2-4-10(11,12)13/h6,8,16H,2-5,14H2,1H3. The van der Waals surface area contributed by atoms with Crippen LogP contribution < -0.4 is 11.3 Å². The summed E-state index contributed by atoms with van der Waals surface area (Å²) in [6.07, 6.45) is -3.80. The third kappa shape index (κ3) is 5.99. The molecular formula is C10H16F3N3S. The zero-order valence-corrected chi connectivity index (χ0v) is 10.4. The SMILES string of the molecule is Cc1nc(CC(CCCC(F)(F)F)NN)cs1. The van der Waals surface area contributed by atoms with Gasteiger partial charge < -0.3 is 0 Å². The molecule has 0 saturated heterocycles. The van der Waals surface area contributed by atoms with Crippen molar-refractivity contribution in [2.45, 2.75) is 44.8 Å². The average Bonchev–Trinajstić information content (AvgIpc) is 2.60. The van der Waals surface area contributed by atoms with Crippen LogP contribution in [0.25, 0.3) is 0 Å². The van der Waals surface area contributed by atoms with E-state index in [9.17, 15) is 13.2 Å². The lowest BCUT2D eigenvalue weighted by molar-refractivity contribution is -0.135. The highest BCUT2D eigenvalue weighted by Gasteiger charge is 2.26. The summed E-state index contributed by atoms with van der Waals surface area (Å²) in [5.41, 5.74) is 3.42. The molecule has 0 radical (unpaired) electrons. The number of hydrogen-bond acceptors (Lipinski definition) is 4. The monoisotopic (exact) mass is 267 g/mol. The first-order valence-corrected chi connectivity index (χ1v) is 6.22. The van der Waals surface area contributed by atoms with Crippen molar-refractivity contribution in [3.05, 3.63) is 16.1 Å². The van der Waals surface area contributed by atoms with Gasteiger partial charge in [-0.1, -0.05) is 0 Å². The lowest BCUT2D eigenvalue weighted by atomic mass is 10.1. The Kier molecular flexibility index (Phi) is 5.35. The van der Waals surface area contributed by atoms with Crippen LogP contribution in [0.3, 0.4) is 0 Å². The number of rotatable bonds is 6. The minimum atomic E-state index is -4.09. The summed E-state index contributed by atoms with van der Waals surface area (Å²) >= 11 is 1.53. The van der Waals surface area contributed by atoms with Crippen LogP contribution in [-0.4, -0.2) is 17.2 Å². The van der Waals surface area contributed by atoms with Crippen LogP contribution in [0.4, 0.5) is 13.2 Å². The van der Waals surface area contributed by atoms with Crippen LogP contribution in [-0.2, 0) is 6.42 Å². The minimum absolute atomic E-state index is 0.0848. The maximum absolute atomic E-state index is 12.0. The molecule has 17 heavy (non-hydrogen) atoms. The molecule has 1 aromatic heterocycles. The van der Waals surface area contributed by atoms with Gasteiger partial charge in [-0.2, -0.15) is 13.2 Å². The predicted molar refractivity (Wildman–Crippen MR) is 61.6 cm³/mol. The lowest BCUT2D eigenvalue weighted by Gasteiger charge is -2.15. The summed E-state index contributed by atoms with van der Waals surface area (Å²) in [6, 6.07) is -0.154. The van der Waals surface area contributed by atoms with Crippen molar-refractivity contribution in [3.63, 3.8) is 0 Å². The number of hydrazine groups is 1. The maximum Gasteiger partial charge on any atom is 0.389 e. The Morgan fingerprint density at radius 3 is 2.71 bits per heavy atom. The second-order valence-corrected chi connectivity index (χ2v) is 5.00. The molecule has 0 amide bonds. The number of nitrogens with one attached hydrogen (secondary N) is 1. The number of halogens is 3. The molecule has 0 aliphatic rings. The van der Waals surface area contributed by atoms with E-state index < -0.39 is 12.6 Å². The highest BCUT2D eigenvalue weighted by molar-refractivity contribution is 7.09. The molecule has 1 rings (SSSR count). The zero-order chi connectivity index (χ0) is 12.9. The van der Waals surface area contributed by atoms with Gasteiger partial charge in [0.25, 0.3) is 0 Å². The molecule has 0 bridgehead atoms. The lowest BCUT2D eigenvalue weighted by Crippen LogP contribution is -2.37. The molecule has 1 heterocycles. The Balaban J connectivity index is 2.34. The van der Waals surface area contributed by atoms with E-state index in [0.29, 0.717) is 12.8 Å². The Labute approximate surface area is 102 Å². The Bertz CT molecular complexity index is 338. The first kappa shape index (κ1) is 14.4. The fourth-order valence-electron chi connectivity index (χ4n) is 1.55. The third-order valence-electron chi connectivity index (χ3n) is 2.37. The molecule has 0 aliphatic carbocycles. The first-order chi connectivity index (χ1) is 7.90. The summed E-state index contributed by atoms with van der Waals surface area (Å²) in [7, 11) is 0. The summed E-state index contributed by atoms with van der Waals surface area (Å²) in [4.78, 5) is 4.26. The van der Waals surface area contributed by atoms with E-state index in [0.717, 1.165) is 10.7 Å². The molecule has 0 fully saturated rings. The highest BCUT2D eigenvalue weighted by Crippen LogP contribution is 2.23. The zero-order valence-electron chi connectivity index (χ0n) is 9.55. The molecule has 0 spiro atoms. The van der Waals surface area contributed by atoms with Gasteiger partial charge in [0.1, 0.15) is 0 Å². The van der Waals surface area contributed by atoms with Gasteiger partial charge in [-0.05, 0) is 19.8 Å². The molecule has 1 unspecified atom stereocenters. The molecule has 0 aromatic carbocycles. The number of aromatic nitrogens is 1. The topological polar surface area (TPSA) is 50.9 Å². The normalized spacial score (nSPS) is 13.9. The van der Waals surface area contributed by atoms with E-state index in [-0.39, 0.29) is 12.5 Å². The Morgan fingerprint density at radius 1 is 1.53 bits per heavy atom. The van der Waals surface area contributed by atoms with Crippen molar-refractivity contribution in [3.8, 4) is 0 Å². The van der Waals surface area contributed by atoms with Crippen LogP contribution >= 0.6 is 11.3 Å². The van der Waals surface area contributed by atoms with Crippen molar-refractivity contribution >= 4 is 11.3 Å². The van der Waals surface area contributed by atoms with E-state index in [4.69, 9.17) is 5.84 Å². The second kappa shape index (κ2) is 6.32. The van der Waals surface area contributed by atoms with Crippen molar-refractivity contribution in [2.24, 2.45) is 5.84 Å². The minimum Gasteiger partial charge on any atom is -0.271 e. The smallest absolute Gasteiger partial charge is 0.271 e. The molecule has 3 N–H and O–H groups in total. The number of thiazole rings is 1. The fraction of sp³-hybridized carbons (Fsp3) is 0.700. The van der Waals surface area contributed by atoms with E-state index in [2.05, 4.69) is 10.4 Å². The van der Waals surface area contributed by atoms with Gasteiger partial charge in [-0.25, -0.2) is 4.98 Å². The molecule has 0 saturated carbocycles. The van der Waals surface area contributed by atoms with E-state index in [1.807, 2.05) is 12.3 Å². The van der Waals surface area contributed by atoms with Crippen LogP contribution in [0, 0.1) is 6.92 Å². The van der Waals surface area contributed by atoms with Gasteiger partial charge in [0.2, 0.25) is 0 Å². The Hall–Kier alpha value is -0.660. The van der Waals surface area contributed by atoms with Crippen molar-refractivity contribution in [1.29, 1.82) is 0 Å². The maximum atomic E-state index is 12.0. The van der Waals surface area contributed by atoms with Crippen LogP contribution in [0.1, 0.15) is 30.0 Å². The molecule has 0 aliphatic heterocycles. The molecule has 1 atom stereocenters. The van der Waals surface area contributed by atoms with Gasteiger partial charge in [0, 0.05) is 24.3 Å². The van der Waals surface area contributed by atoms with Crippen LogP contribution in [0.5, 0.6) is 0 Å². The third-order valence-corrected chi connectivity index (χ3v) is 3.19. The average molecular weight is 267 g/mol. The molecule has 7 heteroatoms. The van der Waals surface area contributed by atoms with Crippen LogP contribution in [0.15, 0.2) is 5.38 Å². The van der Waals surface area contributed by atoms with Gasteiger partial charge in [0.05, 0.1) is 10.7 Å². The summed E-state index contributed by atoms with van der Waals surface area (Å²) < 4.78 is 35.9. The molecule has 98 valence electrons. The quantitative estimate of drug-likeness (QED) is 0.615. The van der Waals surface area contributed by atoms with E-state index in [1.165, 1.54) is 11.3 Å². The number of alkyl halides is 3. The van der Waals surface area contributed by atoms with Crippen molar-refractivity contribution in [2.75, 3.05) is 0 Å². The van der Waals surface area contributed by atoms with Crippen molar-refractivity contribution < 1.29 is 13.2 Å². The summed E-state index contributed by atoms with van der Waals surface area (Å²) in [5.74, 6) is 5.32.